The van der Waals surface area contributed by atoms with Crippen molar-refractivity contribution in [3.8, 4) is 5.75 Å². The van der Waals surface area contributed by atoms with Crippen molar-refractivity contribution in [2.45, 2.75) is 25.8 Å². The van der Waals surface area contributed by atoms with Crippen LogP contribution in [-0.2, 0) is 12.0 Å². The standard InChI is InChI=1S/C20H23N3O.H2O/c1-20(2)17-7-5-6-8-18(17)23(3)19(20)14-22-21-13-15-9-11-16(24-4)12-10-15;/h5-12,14H,13H2,1-4H3;1H2. The first-order valence-corrected chi connectivity index (χ1v) is 8.07. The highest BCUT2D eigenvalue weighted by Crippen LogP contribution is 2.46. The number of benzene rings is 2. The monoisotopic (exact) mass is 339 g/mol. The molecule has 25 heavy (non-hydrogen) atoms. The van der Waals surface area contributed by atoms with Gasteiger partial charge in [0.05, 0.1) is 19.9 Å². The number of fused-ring (bicyclic) bond motifs is 1. The maximum atomic E-state index is 5.16. The van der Waals surface area contributed by atoms with Gasteiger partial charge >= 0.3 is 0 Å². The van der Waals surface area contributed by atoms with Crippen LogP contribution in [0.3, 0.4) is 0 Å². The maximum absolute atomic E-state index is 5.16. The number of ether oxygens (including phenoxy) is 1. The summed E-state index contributed by atoms with van der Waals surface area (Å²) in [5.41, 5.74) is 4.76. The largest absolute Gasteiger partial charge is 0.497 e. The lowest BCUT2D eigenvalue weighted by Crippen LogP contribution is -2.22. The number of nitrogens with zero attached hydrogens (tertiary/aromatic N) is 3. The molecule has 132 valence electrons. The van der Waals surface area contributed by atoms with Crippen molar-refractivity contribution in [3.63, 3.8) is 0 Å². The van der Waals surface area contributed by atoms with Crippen molar-refractivity contribution in [3.05, 3.63) is 71.6 Å². The van der Waals surface area contributed by atoms with Gasteiger partial charge < -0.3 is 15.1 Å². The Morgan fingerprint density at radius 3 is 2.40 bits per heavy atom. The zero-order chi connectivity index (χ0) is 17.2. The Labute approximate surface area is 149 Å². The van der Waals surface area contributed by atoms with Crippen molar-refractivity contribution in [2.75, 3.05) is 19.1 Å². The van der Waals surface area contributed by atoms with Gasteiger partial charge in [-0.05, 0) is 29.3 Å². The second-order valence-electron chi connectivity index (χ2n) is 6.48. The molecule has 2 N–H and O–H groups in total. The van der Waals surface area contributed by atoms with Gasteiger partial charge in [0.25, 0.3) is 0 Å². The fourth-order valence-electron chi connectivity index (χ4n) is 3.18. The molecular weight excluding hydrogens is 314 g/mol. The van der Waals surface area contributed by atoms with Gasteiger partial charge in [-0.1, -0.05) is 44.2 Å². The fraction of sp³-hybridized carbons (Fsp3) is 0.300. The molecule has 1 heterocycles. The van der Waals surface area contributed by atoms with Crippen LogP contribution in [-0.4, -0.2) is 19.6 Å². The Morgan fingerprint density at radius 1 is 1.08 bits per heavy atom. The Bertz CT molecular complexity index is 780. The smallest absolute Gasteiger partial charge is 0.118 e. The third kappa shape index (κ3) is 3.56. The molecule has 0 saturated carbocycles. The van der Waals surface area contributed by atoms with Crippen LogP contribution in [0, 0.1) is 0 Å². The van der Waals surface area contributed by atoms with Crippen LogP contribution in [0.5, 0.6) is 5.75 Å². The SMILES string of the molecule is COc1ccc(CN=NC=C2N(C)c3ccccc3C2(C)C)cc1.O. The number of hydrogen-bond donors (Lipinski definition) is 0. The van der Waals surface area contributed by atoms with E-state index in [0.717, 1.165) is 17.0 Å². The summed E-state index contributed by atoms with van der Waals surface area (Å²) in [7, 11) is 3.75. The Morgan fingerprint density at radius 2 is 1.76 bits per heavy atom. The van der Waals surface area contributed by atoms with Gasteiger partial charge in [0.1, 0.15) is 5.75 Å². The molecular formula is C20H25N3O2. The average molecular weight is 339 g/mol. The van der Waals surface area contributed by atoms with Crippen LogP contribution in [0.1, 0.15) is 25.0 Å². The van der Waals surface area contributed by atoms with Gasteiger partial charge in [-0.25, -0.2) is 0 Å². The molecule has 0 amide bonds. The first-order valence-electron chi connectivity index (χ1n) is 8.07. The first-order chi connectivity index (χ1) is 11.5. The number of rotatable bonds is 4. The number of anilines is 1. The highest BCUT2D eigenvalue weighted by molar-refractivity contribution is 5.69. The van der Waals surface area contributed by atoms with E-state index < -0.39 is 0 Å². The fourth-order valence-corrected chi connectivity index (χ4v) is 3.18. The van der Waals surface area contributed by atoms with E-state index in [9.17, 15) is 0 Å². The predicted octanol–water partition coefficient (Wildman–Crippen LogP) is 4.09. The lowest BCUT2D eigenvalue weighted by Gasteiger charge is -2.22. The van der Waals surface area contributed by atoms with Crippen molar-refractivity contribution in [2.24, 2.45) is 10.2 Å². The lowest BCUT2D eigenvalue weighted by molar-refractivity contribution is 0.414. The van der Waals surface area contributed by atoms with E-state index in [-0.39, 0.29) is 10.9 Å². The summed E-state index contributed by atoms with van der Waals surface area (Å²) in [5.74, 6) is 0.852. The van der Waals surface area contributed by atoms with Crippen molar-refractivity contribution >= 4 is 5.69 Å². The van der Waals surface area contributed by atoms with Gasteiger partial charge in [-0.2, -0.15) is 10.2 Å². The minimum atomic E-state index is -0.0650. The van der Waals surface area contributed by atoms with E-state index in [1.165, 1.54) is 11.3 Å². The van der Waals surface area contributed by atoms with Gasteiger partial charge in [0.15, 0.2) is 0 Å². The van der Waals surface area contributed by atoms with Crippen LogP contribution in [0.2, 0.25) is 0 Å². The topological polar surface area (TPSA) is 68.7 Å². The van der Waals surface area contributed by atoms with E-state index in [1.54, 1.807) is 7.11 Å². The molecule has 1 aliphatic heterocycles. The van der Waals surface area contributed by atoms with Gasteiger partial charge in [-0.3, -0.25) is 0 Å². The molecule has 0 radical (unpaired) electrons. The minimum absolute atomic E-state index is 0. The van der Waals surface area contributed by atoms with Gasteiger partial charge in [0, 0.05) is 23.8 Å². The quantitative estimate of drug-likeness (QED) is 0.787. The normalized spacial score (nSPS) is 16.8. The van der Waals surface area contributed by atoms with E-state index in [0.29, 0.717) is 6.54 Å². The molecule has 0 fully saturated rings. The van der Waals surface area contributed by atoms with E-state index >= 15 is 0 Å². The van der Waals surface area contributed by atoms with Crippen molar-refractivity contribution in [1.29, 1.82) is 0 Å². The van der Waals surface area contributed by atoms with Crippen LogP contribution in [0.15, 0.2) is 70.7 Å². The highest BCUT2D eigenvalue weighted by atomic mass is 16.5. The molecule has 0 atom stereocenters. The molecule has 2 aromatic carbocycles. The van der Waals surface area contributed by atoms with Gasteiger partial charge in [0.2, 0.25) is 0 Å². The van der Waals surface area contributed by atoms with E-state index in [2.05, 4.69) is 60.3 Å². The Balaban J connectivity index is 0.00000225. The summed E-state index contributed by atoms with van der Waals surface area (Å²) in [5, 5.41) is 8.61. The van der Waals surface area contributed by atoms with Crippen molar-refractivity contribution < 1.29 is 10.2 Å². The molecule has 0 saturated heterocycles. The summed E-state index contributed by atoms with van der Waals surface area (Å²) in [6, 6.07) is 16.4. The molecule has 0 aliphatic carbocycles. The molecule has 0 spiro atoms. The Kier molecular flexibility index (Phi) is 5.59. The average Bonchev–Trinajstić information content (AvgIpc) is 2.80. The third-order valence-electron chi connectivity index (χ3n) is 4.61. The molecule has 0 unspecified atom stereocenters. The second-order valence-corrected chi connectivity index (χ2v) is 6.48. The zero-order valence-corrected chi connectivity index (χ0v) is 15.2. The van der Waals surface area contributed by atoms with E-state index in [1.807, 2.05) is 30.5 Å². The predicted molar refractivity (Wildman–Crippen MR) is 101 cm³/mol. The van der Waals surface area contributed by atoms with Crippen molar-refractivity contribution in [1.82, 2.24) is 0 Å². The lowest BCUT2D eigenvalue weighted by atomic mass is 9.84. The minimum Gasteiger partial charge on any atom is -0.497 e. The molecule has 5 heteroatoms. The van der Waals surface area contributed by atoms with E-state index in [4.69, 9.17) is 4.74 Å². The number of hydrogen-bond acceptors (Lipinski definition) is 4. The van der Waals surface area contributed by atoms with Crippen LogP contribution in [0.4, 0.5) is 5.69 Å². The summed E-state index contributed by atoms with van der Waals surface area (Å²) >= 11 is 0. The second kappa shape index (κ2) is 7.49. The molecule has 0 bridgehead atoms. The number of azo groups is 1. The number of likely N-dealkylation sites (N-methyl/N-ethyl adjacent to an activating group) is 1. The Hall–Kier alpha value is -2.66. The number of para-hydroxylation sites is 1. The summed E-state index contributed by atoms with van der Waals surface area (Å²) in [6.45, 7) is 5.01. The van der Waals surface area contributed by atoms with Crippen LogP contribution >= 0.6 is 0 Å². The van der Waals surface area contributed by atoms with Crippen LogP contribution < -0.4 is 9.64 Å². The number of methoxy groups -OCH3 is 1. The first kappa shape index (κ1) is 18.7. The van der Waals surface area contributed by atoms with Crippen LogP contribution in [0.25, 0.3) is 0 Å². The molecule has 5 nitrogen and oxygen atoms in total. The molecule has 3 rings (SSSR count). The molecule has 1 aliphatic rings. The summed E-state index contributed by atoms with van der Waals surface area (Å²) in [6.07, 6.45) is 1.88. The maximum Gasteiger partial charge on any atom is 0.118 e. The number of allylic oxidation sites excluding steroid dienone is 1. The summed E-state index contributed by atoms with van der Waals surface area (Å²) < 4.78 is 5.16. The van der Waals surface area contributed by atoms with Gasteiger partial charge in [-0.15, -0.1) is 0 Å². The zero-order valence-electron chi connectivity index (χ0n) is 15.2. The summed E-state index contributed by atoms with van der Waals surface area (Å²) in [4.78, 5) is 2.20. The highest BCUT2D eigenvalue weighted by Gasteiger charge is 2.38. The third-order valence-corrected chi connectivity index (χ3v) is 4.61. The molecule has 0 aromatic heterocycles. The molecule has 2 aromatic rings.